The summed E-state index contributed by atoms with van der Waals surface area (Å²) in [6.07, 6.45) is 9.82. The predicted molar refractivity (Wildman–Crippen MR) is 76.1 cm³/mol. The number of nitrogens with zero attached hydrogens (tertiary/aromatic N) is 2. The molecule has 1 amide bonds. The Morgan fingerprint density at radius 2 is 2.21 bits per heavy atom. The molecule has 1 aliphatic rings. The van der Waals surface area contributed by atoms with Crippen LogP contribution >= 0.6 is 0 Å². The van der Waals surface area contributed by atoms with E-state index in [-0.39, 0.29) is 11.9 Å². The van der Waals surface area contributed by atoms with Crippen LogP contribution < -0.4 is 5.32 Å². The van der Waals surface area contributed by atoms with Gasteiger partial charge in [0.15, 0.2) is 0 Å². The Morgan fingerprint density at radius 3 is 3.00 bits per heavy atom. The molecule has 106 valence electrons. The van der Waals surface area contributed by atoms with Gasteiger partial charge in [0, 0.05) is 12.2 Å². The molecule has 1 unspecified atom stereocenters. The lowest BCUT2D eigenvalue weighted by Crippen LogP contribution is -2.32. The Hall–Kier alpha value is -1.32. The van der Waals surface area contributed by atoms with Gasteiger partial charge in [0.1, 0.15) is 6.04 Å². The molecule has 1 heterocycles. The second-order valence-electron chi connectivity index (χ2n) is 5.43. The minimum absolute atomic E-state index is 0.113. The summed E-state index contributed by atoms with van der Waals surface area (Å²) in [5, 5.41) is 3.02. The highest BCUT2D eigenvalue weighted by Gasteiger charge is 2.21. The lowest BCUT2D eigenvalue weighted by atomic mass is 10.0. The van der Waals surface area contributed by atoms with Crippen molar-refractivity contribution in [1.82, 2.24) is 14.9 Å². The molecule has 0 bridgehead atoms. The molecule has 4 nitrogen and oxygen atoms in total. The number of rotatable bonds is 6. The van der Waals surface area contributed by atoms with Gasteiger partial charge in [-0.3, -0.25) is 4.79 Å². The van der Waals surface area contributed by atoms with Gasteiger partial charge in [-0.2, -0.15) is 0 Å². The van der Waals surface area contributed by atoms with Crippen molar-refractivity contribution in [2.45, 2.75) is 64.8 Å². The van der Waals surface area contributed by atoms with Crippen LogP contribution in [0.25, 0.3) is 0 Å². The lowest BCUT2D eigenvalue weighted by Gasteiger charge is -2.19. The van der Waals surface area contributed by atoms with E-state index in [2.05, 4.69) is 21.8 Å². The average molecular weight is 263 g/mol. The maximum Gasteiger partial charge on any atom is 0.242 e. The van der Waals surface area contributed by atoms with Gasteiger partial charge in [0.2, 0.25) is 5.91 Å². The van der Waals surface area contributed by atoms with Crippen LogP contribution in [0.4, 0.5) is 0 Å². The molecule has 0 fully saturated rings. The third-order valence-corrected chi connectivity index (χ3v) is 3.94. The Morgan fingerprint density at radius 1 is 1.42 bits per heavy atom. The van der Waals surface area contributed by atoms with Crippen LogP contribution in [-0.2, 0) is 17.6 Å². The van der Waals surface area contributed by atoms with Gasteiger partial charge in [0.05, 0.1) is 12.0 Å². The number of carbonyl (C=O) groups excluding carboxylic acids is 1. The lowest BCUT2D eigenvalue weighted by molar-refractivity contribution is -0.123. The van der Waals surface area contributed by atoms with Crippen LogP contribution in [0, 0.1) is 0 Å². The molecule has 1 aromatic rings. The molecular weight excluding hydrogens is 238 g/mol. The minimum atomic E-state index is -0.143. The first-order valence-corrected chi connectivity index (χ1v) is 7.56. The Balaban J connectivity index is 1.93. The summed E-state index contributed by atoms with van der Waals surface area (Å²) in [7, 11) is 0. The topological polar surface area (TPSA) is 46.9 Å². The molecule has 1 atom stereocenters. The number of imidazole rings is 1. The number of aromatic nitrogens is 2. The van der Waals surface area contributed by atoms with Gasteiger partial charge in [-0.15, -0.1) is 0 Å². The normalized spacial score (nSPS) is 15.9. The van der Waals surface area contributed by atoms with Gasteiger partial charge in [0.25, 0.3) is 0 Å². The van der Waals surface area contributed by atoms with E-state index in [9.17, 15) is 4.79 Å². The molecule has 0 aromatic carbocycles. The van der Waals surface area contributed by atoms with E-state index in [1.54, 1.807) is 0 Å². The van der Waals surface area contributed by atoms with Crippen molar-refractivity contribution in [2.24, 2.45) is 0 Å². The number of unbranched alkanes of at least 4 members (excludes halogenated alkanes) is 2. The fourth-order valence-corrected chi connectivity index (χ4v) is 2.69. The standard InChI is InChI=1S/C15H25N3O/c1-3-4-7-10-16-15(19)12(2)18-11-17-13-8-5-6-9-14(13)18/h11-12H,3-10H2,1-2H3,(H,16,19). The molecule has 4 heteroatoms. The third kappa shape index (κ3) is 3.37. The maximum absolute atomic E-state index is 12.1. The molecule has 2 rings (SSSR count). The van der Waals surface area contributed by atoms with Crippen molar-refractivity contribution in [3.63, 3.8) is 0 Å². The second kappa shape index (κ2) is 6.73. The molecule has 0 aliphatic heterocycles. The first-order valence-electron chi connectivity index (χ1n) is 7.56. The number of amides is 1. The monoisotopic (exact) mass is 263 g/mol. The molecular formula is C15H25N3O. The molecule has 1 aliphatic carbocycles. The van der Waals surface area contributed by atoms with Crippen molar-refractivity contribution in [3.05, 3.63) is 17.7 Å². The molecule has 0 radical (unpaired) electrons. The summed E-state index contributed by atoms with van der Waals surface area (Å²) in [6, 6.07) is -0.143. The van der Waals surface area contributed by atoms with Gasteiger partial charge < -0.3 is 9.88 Å². The molecule has 1 N–H and O–H groups in total. The summed E-state index contributed by atoms with van der Waals surface area (Å²) >= 11 is 0. The first-order chi connectivity index (χ1) is 9.24. The third-order valence-electron chi connectivity index (χ3n) is 3.94. The zero-order valence-corrected chi connectivity index (χ0v) is 12.1. The summed E-state index contributed by atoms with van der Waals surface area (Å²) in [6.45, 7) is 4.92. The average Bonchev–Trinajstić information content (AvgIpc) is 2.86. The van der Waals surface area contributed by atoms with Crippen molar-refractivity contribution < 1.29 is 4.79 Å². The highest BCUT2D eigenvalue weighted by Crippen LogP contribution is 2.22. The first kappa shape index (κ1) is 14.1. The number of fused-ring (bicyclic) bond motifs is 1. The van der Waals surface area contributed by atoms with Crippen LogP contribution in [0.2, 0.25) is 0 Å². The molecule has 19 heavy (non-hydrogen) atoms. The van der Waals surface area contributed by atoms with Gasteiger partial charge in [-0.1, -0.05) is 19.8 Å². The van der Waals surface area contributed by atoms with Crippen molar-refractivity contribution in [1.29, 1.82) is 0 Å². The molecule has 1 aromatic heterocycles. The van der Waals surface area contributed by atoms with Gasteiger partial charge in [-0.25, -0.2) is 4.98 Å². The number of carbonyl (C=O) groups is 1. The van der Waals surface area contributed by atoms with Crippen LogP contribution in [0.1, 0.15) is 63.4 Å². The fourth-order valence-electron chi connectivity index (χ4n) is 2.69. The molecule has 0 spiro atoms. The van der Waals surface area contributed by atoms with E-state index in [0.717, 1.165) is 25.8 Å². The molecule has 0 saturated heterocycles. The Bertz CT molecular complexity index is 425. The number of nitrogens with one attached hydrogen (secondary N) is 1. The van der Waals surface area contributed by atoms with Gasteiger partial charge in [-0.05, 0) is 39.0 Å². The van der Waals surface area contributed by atoms with Crippen molar-refractivity contribution in [3.8, 4) is 0 Å². The maximum atomic E-state index is 12.1. The van der Waals surface area contributed by atoms with E-state index in [1.165, 1.54) is 37.1 Å². The van der Waals surface area contributed by atoms with Crippen LogP contribution in [0.15, 0.2) is 6.33 Å². The minimum Gasteiger partial charge on any atom is -0.354 e. The summed E-state index contributed by atoms with van der Waals surface area (Å²) in [5.74, 6) is 0.113. The SMILES string of the molecule is CCCCCNC(=O)C(C)n1cnc2c1CCCC2. The van der Waals surface area contributed by atoms with E-state index >= 15 is 0 Å². The summed E-state index contributed by atoms with van der Waals surface area (Å²) < 4.78 is 2.06. The second-order valence-corrected chi connectivity index (χ2v) is 5.43. The zero-order valence-electron chi connectivity index (χ0n) is 12.1. The summed E-state index contributed by atoms with van der Waals surface area (Å²) in [4.78, 5) is 16.6. The van der Waals surface area contributed by atoms with Crippen LogP contribution in [0.5, 0.6) is 0 Å². The van der Waals surface area contributed by atoms with Crippen molar-refractivity contribution in [2.75, 3.05) is 6.54 Å². The van der Waals surface area contributed by atoms with E-state index in [1.807, 2.05) is 13.3 Å². The van der Waals surface area contributed by atoms with Crippen LogP contribution in [-0.4, -0.2) is 22.0 Å². The Kier molecular flexibility index (Phi) is 5.00. The number of hydrogen-bond acceptors (Lipinski definition) is 2. The van der Waals surface area contributed by atoms with Gasteiger partial charge >= 0.3 is 0 Å². The molecule has 0 saturated carbocycles. The van der Waals surface area contributed by atoms with E-state index < -0.39 is 0 Å². The van der Waals surface area contributed by atoms with Crippen molar-refractivity contribution >= 4 is 5.91 Å². The smallest absolute Gasteiger partial charge is 0.242 e. The highest BCUT2D eigenvalue weighted by atomic mass is 16.2. The number of hydrogen-bond donors (Lipinski definition) is 1. The fraction of sp³-hybridized carbons (Fsp3) is 0.733. The highest BCUT2D eigenvalue weighted by molar-refractivity contribution is 5.79. The van der Waals surface area contributed by atoms with Crippen LogP contribution in [0.3, 0.4) is 0 Å². The van der Waals surface area contributed by atoms with E-state index in [0.29, 0.717) is 0 Å². The largest absolute Gasteiger partial charge is 0.354 e. The van der Waals surface area contributed by atoms with E-state index in [4.69, 9.17) is 0 Å². The summed E-state index contributed by atoms with van der Waals surface area (Å²) in [5.41, 5.74) is 2.46. The quantitative estimate of drug-likeness (QED) is 0.802. The zero-order chi connectivity index (χ0) is 13.7. The Labute approximate surface area is 115 Å². The number of aryl methyl sites for hydroxylation is 1. The predicted octanol–water partition coefficient (Wildman–Crippen LogP) is 2.63.